The molecule has 1 aromatic carbocycles. The van der Waals surface area contributed by atoms with E-state index in [0.717, 1.165) is 7.11 Å². The zero-order valence-electron chi connectivity index (χ0n) is 13.0. The van der Waals surface area contributed by atoms with Crippen LogP contribution in [0.4, 0.5) is 0 Å². The van der Waals surface area contributed by atoms with Gasteiger partial charge >= 0.3 is 21.7 Å². The zero-order valence-corrected chi connectivity index (χ0v) is 14.6. The van der Waals surface area contributed by atoms with Gasteiger partial charge in [-0.15, -0.1) is 0 Å². The number of rotatable bonds is 0. The van der Waals surface area contributed by atoms with Crippen molar-refractivity contribution in [2.45, 2.75) is 51.4 Å². The Morgan fingerprint density at radius 2 is 1.09 bits per heavy atom. The van der Waals surface area contributed by atoms with E-state index in [1.807, 2.05) is 0 Å². The zero-order chi connectivity index (χ0) is 16.1. The van der Waals surface area contributed by atoms with Crippen LogP contribution in [-0.4, -0.2) is 30.3 Å². The third-order valence-corrected chi connectivity index (χ3v) is 3.73. The Labute approximate surface area is 146 Å². The van der Waals surface area contributed by atoms with Gasteiger partial charge in [0.1, 0.15) is 0 Å². The minimum atomic E-state index is -0.250. The number of aryl methyl sites for hydroxylation is 2. The Morgan fingerprint density at radius 3 is 1.41 bits per heavy atom. The maximum atomic E-state index is 8.36. The molecule has 0 fully saturated rings. The molecule has 6 heteroatoms. The van der Waals surface area contributed by atoms with Gasteiger partial charge in [-0.05, 0) is 0 Å². The summed E-state index contributed by atoms with van der Waals surface area (Å²) in [6.45, 7) is -0.500. The molecule has 0 saturated heterocycles. The van der Waals surface area contributed by atoms with Crippen LogP contribution < -0.4 is 5.11 Å². The van der Waals surface area contributed by atoms with Gasteiger partial charge in [-0.2, -0.15) is 35.4 Å². The van der Waals surface area contributed by atoms with E-state index < -0.39 is 0 Å². The summed E-state index contributed by atoms with van der Waals surface area (Å²) in [4.78, 5) is 16.7. The molecule has 2 N–H and O–H groups in total. The van der Waals surface area contributed by atoms with Crippen LogP contribution in [0, 0.1) is 0 Å². The Bertz CT molecular complexity index is 378. The van der Waals surface area contributed by atoms with Crippen molar-refractivity contribution in [3.05, 3.63) is 28.3 Å². The number of carbonyl (C=O) groups is 2. The molecule has 0 bridgehead atoms. The first-order chi connectivity index (χ1) is 10.3. The normalized spacial score (nSPS) is 13.7. The standard InChI is InChI=1S/C13H17.2CH2O2.CH3O.Ti/c1-3-7-12-10(5-1)9-11-6-2-4-8-13(11)12;2*2-1-3;1-2;/h9H,1-8H2;2*1H,(H,2,3);1H3;/q-1;;;-1;+2. The average Bonchev–Trinajstić information content (AvgIpc) is 2.89. The average molecular weight is 344 g/mol. The van der Waals surface area contributed by atoms with Crippen molar-refractivity contribution in [1.29, 1.82) is 0 Å². The van der Waals surface area contributed by atoms with Crippen molar-refractivity contribution in [3.63, 3.8) is 0 Å². The molecule has 122 valence electrons. The van der Waals surface area contributed by atoms with Crippen LogP contribution in [0.3, 0.4) is 0 Å². The summed E-state index contributed by atoms with van der Waals surface area (Å²) in [6.07, 6.45) is 11.2. The van der Waals surface area contributed by atoms with E-state index in [2.05, 4.69) is 6.07 Å². The molecule has 1 aromatic rings. The van der Waals surface area contributed by atoms with E-state index in [0.29, 0.717) is 0 Å². The molecule has 0 radical (unpaired) electrons. The molecule has 0 aromatic heterocycles. The van der Waals surface area contributed by atoms with E-state index in [4.69, 9.17) is 24.9 Å². The third-order valence-electron chi connectivity index (χ3n) is 3.73. The number of hydrogen-bond acceptors (Lipinski definition) is 3. The molecule has 0 amide bonds. The first kappa shape index (κ1) is 23.2. The van der Waals surface area contributed by atoms with Gasteiger partial charge in [-0.1, -0.05) is 51.4 Å². The molecule has 0 heterocycles. The summed E-state index contributed by atoms with van der Waals surface area (Å²) >= 11 is 0. The fraction of sp³-hybridized carbons (Fsp3) is 0.562. The molecule has 5 nitrogen and oxygen atoms in total. The minimum Gasteiger partial charge on any atom is -0.857 e. The molecule has 0 spiro atoms. The molecule has 0 atom stereocenters. The van der Waals surface area contributed by atoms with Gasteiger partial charge in [0.15, 0.2) is 0 Å². The largest absolute Gasteiger partial charge is 2.00 e. The number of hydrogen-bond donors (Lipinski definition) is 2. The van der Waals surface area contributed by atoms with Crippen LogP contribution in [0.15, 0.2) is 6.07 Å². The second-order valence-corrected chi connectivity index (χ2v) is 4.78. The van der Waals surface area contributed by atoms with Crippen molar-refractivity contribution in [1.82, 2.24) is 0 Å². The fourth-order valence-electron chi connectivity index (χ4n) is 3.08. The Morgan fingerprint density at radius 1 is 0.818 bits per heavy atom. The van der Waals surface area contributed by atoms with Crippen LogP contribution in [0.1, 0.15) is 47.9 Å². The van der Waals surface area contributed by atoms with Crippen molar-refractivity contribution in [3.8, 4) is 0 Å². The predicted octanol–water partition coefficient (Wildman–Crippen LogP) is 1.54. The first-order valence-corrected chi connectivity index (χ1v) is 7.14. The predicted molar refractivity (Wildman–Crippen MR) is 78.6 cm³/mol. The molecule has 22 heavy (non-hydrogen) atoms. The second kappa shape index (κ2) is 14.9. The van der Waals surface area contributed by atoms with Crippen molar-refractivity contribution in [2.24, 2.45) is 0 Å². The summed E-state index contributed by atoms with van der Waals surface area (Å²) in [7, 11) is 0.750. The summed E-state index contributed by atoms with van der Waals surface area (Å²) in [5.74, 6) is 0. The molecule has 2 aliphatic carbocycles. The Balaban J connectivity index is 0. The molecular formula is C16H24O5Ti. The molecule has 3 rings (SSSR count). The molecule has 0 aliphatic heterocycles. The van der Waals surface area contributed by atoms with Gasteiger partial charge in [0.05, 0.1) is 0 Å². The van der Waals surface area contributed by atoms with Gasteiger partial charge < -0.3 is 15.3 Å². The Hall–Kier alpha value is -1.04. The van der Waals surface area contributed by atoms with Crippen molar-refractivity contribution in [2.75, 3.05) is 7.11 Å². The van der Waals surface area contributed by atoms with E-state index in [1.165, 1.54) is 51.4 Å². The molecular weight excluding hydrogens is 320 g/mol. The summed E-state index contributed by atoms with van der Waals surface area (Å²) in [6, 6.07) is 2.52. The van der Waals surface area contributed by atoms with Crippen molar-refractivity contribution < 1.29 is 46.6 Å². The maximum absolute atomic E-state index is 8.36. The third kappa shape index (κ3) is 7.30. The summed E-state index contributed by atoms with van der Waals surface area (Å²) < 4.78 is 0. The fourth-order valence-corrected chi connectivity index (χ4v) is 3.08. The van der Waals surface area contributed by atoms with E-state index in [1.54, 1.807) is 22.3 Å². The molecule has 0 saturated carbocycles. The van der Waals surface area contributed by atoms with Gasteiger partial charge in [-0.25, -0.2) is 0 Å². The first-order valence-electron chi connectivity index (χ1n) is 7.14. The molecule has 2 aliphatic rings. The topological polar surface area (TPSA) is 97.7 Å². The smallest absolute Gasteiger partial charge is 0.857 e. The summed E-state index contributed by atoms with van der Waals surface area (Å²) in [5, 5.41) is 22.0. The van der Waals surface area contributed by atoms with E-state index >= 15 is 0 Å². The minimum absolute atomic E-state index is 0. The number of carboxylic acid groups (broad SMARTS) is 2. The van der Waals surface area contributed by atoms with Gasteiger partial charge in [-0.3, -0.25) is 9.59 Å². The monoisotopic (exact) mass is 344 g/mol. The SMILES string of the molecule is C[O-].O=CO.O=CO.[Ti+2].[cH-]1c2c(c3c1CCCC3)CCCC2. The van der Waals surface area contributed by atoms with E-state index in [-0.39, 0.29) is 34.7 Å². The van der Waals surface area contributed by atoms with Crippen LogP contribution in [0.5, 0.6) is 0 Å². The van der Waals surface area contributed by atoms with Gasteiger partial charge in [0.2, 0.25) is 0 Å². The van der Waals surface area contributed by atoms with Crippen LogP contribution >= 0.6 is 0 Å². The van der Waals surface area contributed by atoms with Crippen LogP contribution in [-0.2, 0) is 57.0 Å². The van der Waals surface area contributed by atoms with Gasteiger partial charge in [0, 0.05) is 0 Å². The second-order valence-electron chi connectivity index (χ2n) is 4.78. The Kier molecular flexibility index (Phi) is 15.7. The van der Waals surface area contributed by atoms with Gasteiger partial charge in [0.25, 0.3) is 12.9 Å². The quantitative estimate of drug-likeness (QED) is 0.423. The number of fused-ring (bicyclic) bond motifs is 3. The van der Waals surface area contributed by atoms with Crippen molar-refractivity contribution >= 4 is 12.9 Å². The summed E-state index contributed by atoms with van der Waals surface area (Å²) in [5.41, 5.74) is 6.94. The van der Waals surface area contributed by atoms with E-state index in [9.17, 15) is 0 Å². The van der Waals surface area contributed by atoms with Crippen LogP contribution in [0.25, 0.3) is 0 Å². The van der Waals surface area contributed by atoms with Crippen LogP contribution in [0.2, 0.25) is 0 Å². The maximum Gasteiger partial charge on any atom is 2.00 e. The molecule has 0 unspecified atom stereocenters.